The van der Waals surface area contributed by atoms with Crippen molar-refractivity contribution in [2.75, 3.05) is 0 Å². The zero-order valence-electron chi connectivity index (χ0n) is 23.8. The average molecular weight is 545 g/mol. The van der Waals surface area contributed by atoms with E-state index in [0.29, 0.717) is 35.8 Å². The summed E-state index contributed by atoms with van der Waals surface area (Å²) in [7, 11) is 0. The predicted molar refractivity (Wildman–Crippen MR) is 158 cm³/mol. The number of aryl methyl sites for hydroxylation is 1. The molecule has 2 aliphatic carbocycles. The molecule has 5 N–H and O–H groups in total. The van der Waals surface area contributed by atoms with Gasteiger partial charge in [0.2, 0.25) is 0 Å². The van der Waals surface area contributed by atoms with Gasteiger partial charge in [-0.3, -0.25) is 0 Å². The monoisotopic (exact) mass is 544 g/mol. The van der Waals surface area contributed by atoms with E-state index in [1.165, 1.54) is 25.7 Å². The third-order valence-electron chi connectivity index (χ3n) is 9.23. The summed E-state index contributed by atoms with van der Waals surface area (Å²) in [5.41, 5.74) is 7.68. The van der Waals surface area contributed by atoms with Crippen LogP contribution < -0.4 is 0 Å². The minimum Gasteiger partial charge on any atom is -0.507 e. The lowest BCUT2D eigenvalue weighted by Gasteiger charge is -2.25. The summed E-state index contributed by atoms with van der Waals surface area (Å²) in [5.74, 6) is 1.35. The molecule has 0 unspecified atom stereocenters. The summed E-state index contributed by atoms with van der Waals surface area (Å²) < 4.78 is 0. The van der Waals surface area contributed by atoms with E-state index >= 15 is 0 Å². The van der Waals surface area contributed by atoms with Gasteiger partial charge in [0.15, 0.2) is 0 Å². The van der Waals surface area contributed by atoms with Gasteiger partial charge in [0, 0.05) is 17.5 Å². The Bertz CT molecular complexity index is 1330. The lowest BCUT2D eigenvalue weighted by Crippen LogP contribution is -2.07. The van der Waals surface area contributed by atoms with Crippen LogP contribution in [0.1, 0.15) is 126 Å². The number of phenolic OH excluding ortho intramolecular Hbond substituents is 1. The molecule has 5 rings (SSSR count). The van der Waals surface area contributed by atoms with Crippen molar-refractivity contribution >= 4 is 0 Å². The van der Waals surface area contributed by atoms with Crippen molar-refractivity contribution in [3.05, 3.63) is 86.5 Å². The molecule has 0 bridgehead atoms. The van der Waals surface area contributed by atoms with Crippen LogP contribution in [0, 0.1) is 6.92 Å². The summed E-state index contributed by atoms with van der Waals surface area (Å²) in [6.45, 7) is 1.49. The highest BCUT2D eigenvalue weighted by Crippen LogP contribution is 2.41. The van der Waals surface area contributed by atoms with Gasteiger partial charge in [-0.2, -0.15) is 0 Å². The molecule has 0 saturated heterocycles. The smallest absolute Gasteiger partial charge is 0.124 e. The average Bonchev–Trinajstić information content (AvgIpc) is 2.98. The lowest BCUT2D eigenvalue weighted by atomic mass is 9.81. The molecule has 0 heterocycles. The summed E-state index contributed by atoms with van der Waals surface area (Å²) in [4.78, 5) is 0. The molecule has 3 aromatic carbocycles. The number of rotatable bonds is 8. The maximum atomic E-state index is 11.0. The summed E-state index contributed by atoms with van der Waals surface area (Å²) >= 11 is 0. The predicted octanol–water partition coefficient (Wildman–Crippen LogP) is 7.37. The van der Waals surface area contributed by atoms with Crippen LogP contribution in [0.3, 0.4) is 0 Å². The zero-order chi connectivity index (χ0) is 28.2. The maximum Gasteiger partial charge on any atom is 0.124 e. The number of phenols is 3. The van der Waals surface area contributed by atoms with Crippen LogP contribution in [0.25, 0.3) is 0 Å². The Morgan fingerprint density at radius 1 is 0.525 bits per heavy atom. The first-order chi connectivity index (χ1) is 19.4. The van der Waals surface area contributed by atoms with Crippen molar-refractivity contribution < 1.29 is 25.5 Å². The fraction of sp³-hybridized carbons (Fsp3) is 0.486. The fourth-order valence-electron chi connectivity index (χ4n) is 7.10. The van der Waals surface area contributed by atoms with Crippen LogP contribution in [0.4, 0.5) is 0 Å². The highest BCUT2D eigenvalue weighted by atomic mass is 16.3. The summed E-state index contributed by atoms with van der Waals surface area (Å²) in [5, 5.41) is 52.7. The molecule has 3 aromatic rings. The third-order valence-corrected chi connectivity index (χ3v) is 9.23. The lowest BCUT2D eigenvalue weighted by molar-refractivity contribution is 0.274. The second-order valence-electron chi connectivity index (χ2n) is 12.1. The Kier molecular flexibility index (Phi) is 9.02. The number of benzene rings is 3. The Morgan fingerprint density at radius 3 is 1.43 bits per heavy atom. The Hall–Kier alpha value is -3.02. The van der Waals surface area contributed by atoms with Gasteiger partial charge in [0.05, 0.1) is 13.2 Å². The van der Waals surface area contributed by atoms with E-state index in [9.17, 15) is 25.5 Å². The zero-order valence-corrected chi connectivity index (χ0v) is 23.8. The van der Waals surface area contributed by atoms with Crippen molar-refractivity contribution in [3.8, 4) is 17.2 Å². The van der Waals surface area contributed by atoms with Gasteiger partial charge in [-0.05, 0) is 102 Å². The van der Waals surface area contributed by atoms with E-state index in [1.807, 2.05) is 31.2 Å². The van der Waals surface area contributed by atoms with E-state index in [2.05, 4.69) is 12.1 Å². The molecule has 5 heteroatoms. The van der Waals surface area contributed by atoms with Gasteiger partial charge >= 0.3 is 0 Å². The van der Waals surface area contributed by atoms with Crippen LogP contribution in [0.15, 0.2) is 36.4 Å². The molecule has 40 heavy (non-hydrogen) atoms. The molecule has 2 fully saturated rings. The number of aliphatic hydroxyl groups is 2. The second kappa shape index (κ2) is 12.7. The molecule has 2 aliphatic rings. The van der Waals surface area contributed by atoms with Crippen LogP contribution in [0.5, 0.6) is 17.2 Å². The second-order valence-corrected chi connectivity index (χ2v) is 12.1. The van der Waals surface area contributed by atoms with Crippen LogP contribution in [-0.4, -0.2) is 25.5 Å². The number of aromatic hydroxyl groups is 3. The first-order valence-electron chi connectivity index (χ1n) is 15.1. The van der Waals surface area contributed by atoms with Gasteiger partial charge in [0.25, 0.3) is 0 Å². The molecule has 0 spiro atoms. The summed E-state index contributed by atoms with van der Waals surface area (Å²) in [6.07, 6.45) is 12.5. The Morgan fingerprint density at radius 2 is 0.950 bits per heavy atom. The molecule has 5 nitrogen and oxygen atoms in total. The van der Waals surface area contributed by atoms with Gasteiger partial charge in [-0.15, -0.1) is 0 Å². The third kappa shape index (κ3) is 6.16. The van der Waals surface area contributed by atoms with Gasteiger partial charge < -0.3 is 25.5 Å². The molecule has 0 aliphatic heterocycles. The number of hydrogen-bond acceptors (Lipinski definition) is 5. The molecular formula is C35H44O5. The minimum atomic E-state index is -0.220. The van der Waals surface area contributed by atoms with Gasteiger partial charge in [0.1, 0.15) is 17.2 Å². The van der Waals surface area contributed by atoms with Gasteiger partial charge in [-0.25, -0.2) is 0 Å². The molecule has 0 amide bonds. The topological polar surface area (TPSA) is 101 Å². The number of aliphatic hydroxyl groups excluding tert-OH is 2. The van der Waals surface area contributed by atoms with E-state index in [-0.39, 0.29) is 30.5 Å². The standard InChI is InChI=1S/C35H44O5/c1-22-12-23(13-24-16-29(20-36)34(39)31(18-24)26-8-4-2-5-9-26)14-28(33(22)38)15-25-17-30(21-37)35(40)32(19-25)27-10-6-3-7-11-27/h12,14,16-19,26-27,36-40H,2-11,13,15,20-21H2,1H3. The molecular weight excluding hydrogens is 500 g/mol. The largest absolute Gasteiger partial charge is 0.507 e. The SMILES string of the molecule is Cc1cc(Cc2cc(CO)c(O)c(C3CCCCC3)c2)cc(Cc2cc(CO)c(O)c(C3CCCCC3)c2)c1O. The van der Waals surface area contributed by atoms with E-state index in [1.54, 1.807) is 0 Å². The van der Waals surface area contributed by atoms with E-state index < -0.39 is 0 Å². The Balaban J connectivity index is 1.45. The van der Waals surface area contributed by atoms with Crippen molar-refractivity contribution in [2.24, 2.45) is 0 Å². The maximum absolute atomic E-state index is 11.0. The van der Waals surface area contributed by atoms with E-state index in [4.69, 9.17) is 0 Å². The highest BCUT2D eigenvalue weighted by molar-refractivity contribution is 5.51. The van der Waals surface area contributed by atoms with Crippen LogP contribution in [0.2, 0.25) is 0 Å². The van der Waals surface area contributed by atoms with Crippen molar-refractivity contribution in [1.82, 2.24) is 0 Å². The summed E-state index contributed by atoms with van der Waals surface area (Å²) in [6, 6.07) is 12.0. The quantitative estimate of drug-likeness (QED) is 0.204. The fourth-order valence-corrected chi connectivity index (χ4v) is 7.10. The first kappa shape index (κ1) is 28.5. The van der Waals surface area contributed by atoms with Crippen LogP contribution in [-0.2, 0) is 26.1 Å². The number of hydrogen-bond donors (Lipinski definition) is 5. The van der Waals surface area contributed by atoms with Gasteiger partial charge in [-0.1, -0.05) is 62.8 Å². The van der Waals surface area contributed by atoms with Crippen molar-refractivity contribution in [2.45, 2.75) is 109 Å². The normalized spacial score (nSPS) is 16.9. The van der Waals surface area contributed by atoms with Crippen LogP contribution >= 0.6 is 0 Å². The highest BCUT2D eigenvalue weighted by Gasteiger charge is 2.23. The Labute approximate surface area is 238 Å². The minimum absolute atomic E-state index is 0.198. The van der Waals surface area contributed by atoms with Crippen molar-refractivity contribution in [1.29, 1.82) is 0 Å². The molecule has 0 aromatic heterocycles. The molecule has 2 saturated carbocycles. The molecule has 0 atom stereocenters. The molecule has 214 valence electrons. The van der Waals surface area contributed by atoms with E-state index in [0.717, 1.165) is 77.5 Å². The first-order valence-corrected chi connectivity index (χ1v) is 15.1. The van der Waals surface area contributed by atoms with Crippen molar-refractivity contribution in [3.63, 3.8) is 0 Å². The molecule has 0 radical (unpaired) electrons.